The number of hydrogen-bond acceptors (Lipinski definition) is 4. The zero-order valence-corrected chi connectivity index (χ0v) is 20.7. The first-order chi connectivity index (χ1) is 18.8. The largest absolute Gasteiger partial charge is 0.481 e. The third-order valence-electron chi connectivity index (χ3n) is 6.11. The zero-order chi connectivity index (χ0) is 27.8. The van der Waals surface area contributed by atoms with Crippen molar-refractivity contribution in [1.29, 1.82) is 0 Å². The van der Waals surface area contributed by atoms with Gasteiger partial charge in [-0.05, 0) is 42.7 Å². The highest BCUT2D eigenvalue weighted by Crippen LogP contribution is 2.22. The second-order valence-corrected chi connectivity index (χ2v) is 8.90. The summed E-state index contributed by atoms with van der Waals surface area (Å²) in [4.78, 5) is 40.9. The second-order valence-electron chi connectivity index (χ2n) is 8.90. The average molecular weight is 530 g/mol. The molecule has 0 aliphatic heterocycles. The average Bonchev–Trinajstić information content (AvgIpc) is 2.93. The minimum absolute atomic E-state index is 0.0932. The number of halogens is 2. The van der Waals surface area contributed by atoms with Crippen molar-refractivity contribution in [1.82, 2.24) is 4.98 Å². The number of amides is 2. The summed E-state index contributed by atoms with van der Waals surface area (Å²) in [6.07, 6.45) is 2.26. The van der Waals surface area contributed by atoms with Gasteiger partial charge in [0.1, 0.15) is 11.6 Å². The summed E-state index contributed by atoms with van der Waals surface area (Å²) in [7, 11) is 0. The Kier molecular flexibility index (Phi) is 8.73. The van der Waals surface area contributed by atoms with Gasteiger partial charge in [0.15, 0.2) is 5.78 Å². The highest BCUT2D eigenvalue weighted by atomic mass is 19.1. The fraction of sp³-hybridized carbons (Fsp3) is 0.133. The van der Waals surface area contributed by atoms with E-state index in [0.29, 0.717) is 35.9 Å². The first-order valence-electron chi connectivity index (χ1n) is 12.2. The molecule has 39 heavy (non-hydrogen) atoms. The molecule has 1 aromatic heterocycles. The van der Waals surface area contributed by atoms with Crippen LogP contribution in [-0.4, -0.2) is 27.9 Å². The predicted octanol–water partition coefficient (Wildman–Crippen LogP) is 6.58. The van der Waals surface area contributed by atoms with E-state index in [1.165, 1.54) is 6.20 Å². The summed E-state index contributed by atoms with van der Waals surface area (Å²) in [6.45, 7) is 0. The molecule has 3 N–H and O–H groups in total. The van der Waals surface area contributed by atoms with Crippen LogP contribution in [0.15, 0.2) is 91.1 Å². The maximum atomic E-state index is 13.7. The normalized spacial score (nSPS) is 11.4. The number of benzene rings is 3. The van der Waals surface area contributed by atoms with Gasteiger partial charge in [0.2, 0.25) is 0 Å². The van der Waals surface area contributed by atoms with Crippen molar-refractivity contribution in [3.8, 4) is 11.3 Å². The van der Waals surface area contributed by atoms with Crippen molar-refractivity contribution < 1.29 is 28.3 Å². The lowest BCUT2D eigenvalue weighted by Crippen LogP contribution is -2.20. The van der Waals surface area contributed by atoms with Gasteiger partial charge >= 0.3 is 12.0 Å². The van der Waals surface area contributed by atoms with Gasteiger partial charge in [-0.3, -0.25) is 14.6 Å². The van der Waals surface area contributed by atoms with Gasteiger partial charge in [-0.1, -0.05) is 54.6 Å². The molecule has 1 heterocycles. The fourth-order valence-corrected chi connectivity index (χ4v) is 3.98. The molecular weight excluding hydrogens is 504 g/mol. The number of nitrogens with zero attached hydrogens (tertiary/aromatic N) is 1. The Labute approximate surface area is 223 Å². The predicted molar refractivity (Wildman–Crippen MR) is 144 cm³/mol. The molecule has 0 saturated heterocycles. The summed E-state index contributed by atoms with van der Waals surface area (Å²) >= 11 is 0. The van der Waals surface area contributed by atoms with Gasteiger partial charge < -0.3 is 15.7 Å². The third kappa shape index (κ3) is 7.54. The molecule has 0 saturated carbocycles. The quantitative estimate of drug-likeness (QED) is 0.201. The molecule has 198 valence electrons. The van der Waals surface area contributed by atoms with E-state index >= 15 is 0 Å². The fourth-order valence-electron chi connectivity index (χ4n) is 3.98. The van der Waals surface area contributed by atoms with E-state index in [0.717, 1.165) is 23.3 Å². The molecule has 0 bridgehead atoms. The summed E-state index contributed by atoms with van der Waals surface area (Å²) in [5.74, 6) is -3.68. The Morgan fingerprint density at radius 2 is 1.62 bits per heavy atom. The van der Waals surface area contributed by atoms with Crippen molar-refractivity contribution in [3.05, 3.63) is 114 Å². The van der Waals surface area contributed by atoms with Crippen LogP contribution in [0.3, 0.4) is 0 Å². The molecule has 9 heteroatoms. The van der Waals surface area contributed by atoms with Crippen LogP contribution in [0.1, 0.15) is 28.8 Å². The van der Waals surface area contributed by atoms with E-state index in [2.05, 4.69) is 15.6 Å². The standard InChI is InChI=1S/C30H25F2N3O4/c31-23-12-14-27(25(32)17-23)35-30(39)34-24-13-15-26(33-18-24)20-8-10-21(11-9-20)28(36)16-22(29(37)38)7-6-19-4-2-1-3-5-19/h1-5,8-15,17-18,22H,6-7,16H2,(H,37,38)(H2,34,35,39). The second kappa shape index (κ2) is 12.6. The van der Waals surface area contributed by atoms with Crippen LogP contribution in [0.5, 0.6) is 0 Å². The number of carboxylic acid groups (broad SMARTS) is 1. The van der Waals surface area contributed by atoms with Crippen LogP contribution < -0.4 is 10.6 Å². The van der Waals surface area contributed by atoms with Crippen LogP contribution in [0, 0.1) is 17.6 Å². The topological polar surface area (TPSA) is 108 Å². The van der Waals surface area contributed by atoms with E-state index in [4.69, 9.17) is 0 Å². The molecule has 0 aliphatic rings. The minimum Gasteiger partial charge on any atom is -0.481 e. The summed E-state index contributed by atoms with van der Waals surface area (Å²) in [5.41, 5.74) is 2.91. The number of pyridine rings is 1. The van der Waals surface area contributed by atoms with Gasteiger partial charge in [0, 0.05) is 23.6 Å². The number of carbonyl (C=O) groups excluding carboxylic acids is 2. The number of aryl methyl sites for hydroxylation is 1. The third-order valence-corrected chi connectivity index (χ3v) is 6.11. The molecule has 4 rings (SSSR count). The minimum atomic E-state index is -0.995. The number of rotatable bonds is 10. The maximum Gasteiger partial charge on any atom is 0.323 e. The number of hydrogen-bond donors (Lipinski definition) is 3. The Morgan fingerprint density at radius 3 is 2.26 bits per heavy atom. The number of Topliss-reactive ketones (excluding diaryl/α,β-unsaturated/α-hetero) is 1. The van der Waals surface area contributed by atoms with Crippen molar-refractivity contribution >= 4 is 29.2 Å². The van der Waals surface area contributed by atoms with Crippen LogP contribution in [0.25, 0.3) is 11.3 Å². The number of anilines is 2. The summed E-state index contributed by atoms with van der Waals surface area (Å²) in [5, 5.41) is 14.4. The first-order valence-corrected chi connectivity index (χ1v) is 12.2. The van der Waals surface area contributed by atoms with Crippen LogP contribution >= 0.6 is 0 Å². The first kappa shape index (κ1) is 27.1. The smallest absolute Gasteiger partial charge is 0.323 e. The van der Waals surface area contributed by atoms with Crippen molar-refractivity contribution in [2.45, 2.75) is 19.3 Å². The van der Waals surface area contributed by atoms with E-state index in [9.17, 15) is 28.3 Å². The van der Waals surface area contributed by atoms with Crippen LogP contribution in [-0.2, 0) is 11.2 Å². The lowest BCUT2D eigenvalue weighted by Gasteiger charge is -2.12. The Morgan fingerprint density at radius 1 is 0.872 bits per heavy atom. The Hall–Kier alpha value is -4.92. The lowest BCUT2D eigenvalue weighted by molar-refractivity contribution is -0.141. The number of aliphatic carboxylic acids is 1. The molecule has 4 aromatic rings. The Balaban J connectivity index is 1.33. The number of nitrogens with one attached hydrogen (secondary N) is 2. The monoisotopic (exact) mass is 529 g/mol. The van der Waals surface area contributed by atoms with Gasteiger partial charge in [0.25, 0.3) is 0 Å². The van der Waals surface area contributed by atoms with Gasteiger partial charge in [0.05, 0.1) is 29.2 Å². The van der Waals surface area contributed by atoms with Crippen molar-refractivity contribution in [2.75, 3.05) is 10.6 Å². The van der Waals surface area contributed by atoms with Crippen molar-refractivity contribution in [3.63, 3.8) is 0 Å². The van der Waals surface area contributed by atoms with Gasteiger partial charge in [-0.25, -0.2) is 13.6 Å². The van der Waals surface area contributed by atoms with E-state index < -0.39 is 29.6 Å². The number of carboxylic acids is 1. The molecule has 2 amide bonds. The molecule has 0 fully saturated rings. The highest BCUT2D eigenvalue weighted by Gasteiger charge is 2.22. The zero-order valence-electron chi connectivity index (χ0n) is 20.7. The van der Waals surface area contributed by atoms with E-state index in [-0.39, 0.29) is 17.9 Å². The summed E-state index contributed by atoms with van der Waals surface area (Å²) < 4.78 is 26.7. The van der Waals surface area contributed by atoms with E-state index in [1.807, 2.05) is 30.3 Å². The van der Waals surface area contributed by atoms with Gasteiger partial charge in [-0.2, -0.15) is 0 Å². The molecule has 7 nitrogen and oxygen atoms in total. The van der Waals surface area contributed by atoms with E-state index in [1.54, 1.807) is 36.4 Å². The molecule has 0 spiro atoms. The number of ketones is 1. The molecule has 3 aromatic carbocycles. The lowest BCUT2D eigenvalue weighted by atomic mass is 9.92. The van der Waals surface area contributed by atoms with Crippen LogP contribution in [0.4, 0.5) is 25.0 Å². The molecule has 0 aliphatic carbocycles. The van der Waals surface area contributed by atoms with Gasteiger partial charge in [-0.15, -0.1) is 0 Å². The van der Waals surface area contributed by atoms with Crippen molar-refractivity contribution in [2.24, 2.45) is 5.92 Å². The maximum absolute atomic E-state index is 13.7. The summed E-state index contributed by atoms with van der Waals surface area (Å²) in [6, 6.07) is 21.6. The molecule has 1 atom stereocenters. The number of urea groups is 1. The SMILES string of the molecule is O=C(Nc1ccc(-c2ccc(C(=O)CC(CCc3ccccc3)C(=O)O)cc2)nc1)Nc1ccc(F)cc1F. The molecule has 1 unspecified atom stereocenters. The number of carbonyl (C=O) groups is 3. The molecule has 0 radical (unpaired) electrons. The van der Waals surface area contributed by atoms with Crippen LogP contribution in [0.2, 0.25) is 0 Å². The Bertz CT molecular complexity index is 1460. The number of aromatic nitrogens is 1. The molecular formula is C30H25F2N3O4. The highest BCUT2D eigenvalue weighted by molar-refractivity contribution is 6.00.